The van der Waals surface area contributed by atoms with Crippen LogP contribution in [0.25, 0.3) is 10.8 Å². The maximum atomic E-state index is 12.1. The number of fused-ring (bicyclic) bond motifs is 1. The Morgan fingerprint density at radius 2 is 1.96 bits per heavy atom. The second-order valence-electron chi connectivity index (χ2n) is 6.27. The number of hydrogen-bond donors (Lipinski definition) is 1. The van der Waals surface area contributed by atoms with Crippen LogP contribution in [0.1, 0.15) is 30.1 Å². The van der Waals surface area contributed by atoms with Crippen LogP contribution in [0.4, 0.5) is 0 Å². The average molecular weight is 322 g/mol. The van der Waals surface area contributed by atoms with E-state index < -0.39 is 24.0 Å². The van der Waals surface area contributed by atoms with E-state index in [2.05, 4.69) is 11.4 Å². The first-order valence-electron chi connectivity index (χ1n) is 7.90. The van der Waals surface area contributed by atoms with Crippen molar-refractivity contribution in [2.24, 2.45) is 5.92 Å². The fraction of sp³-hybridized carbons (Fsp3) is 0.316. The van der Waals surface area contributed by atoms with Crippen LogP contribution in [0.3, 0.4) is 0 Å². The van der Waals surface area contributed by atoms with Gasteiger partial charge in [-0.25, -0.2) is 4.79 Å². The van der Waals surface area contributed by atoms with Gasteiger partial charge in [-0.2, -0.15) is 5.26 Å². The minimum atomic E-state index is -0.882. The van der Waals surface area contributed by atoms with Gasteiger partial charge in [-0.05, 0) is 48.6 Å². The molecule has 1 aliphatic carbocycles. The van der Waals surface area contributed by atoms with Crippen molar-refractivity contribution in [2.45, 2.75) is 25.3 Å². The van der Waals surface area contributed by atoms with Crippen LogP contribution in [-0.2, 0) is 9.53 Å². The van der Waals surface area contributed by atoms with Crippen molar-refractivity contribution in [3.63, 3.8) is 0 Å². The molecule has 1 atom stereocenters. The van der Waals surface area contributed by atoms with E-state index >= 15 is 0 Å². The standard InChI is InChI=1S/C19H18N2O3/c1-19(12-20,16-8-9-16)21-17(22)11-24-18(23)15-7-6-13-4-2-3-5-14(13)10-15/h2-7,10,16H,8-9,11H2,1H3,(H,21,22)/t19-/m0/s1. The molecule has 1 fully saturated rings. The van der Waals surface area contributed by atoms with Crippen molar-refractivity contribution >= 4 is 22.6 Å². The molecule has 0 aromatic heterocycles. The van der Waals surface area contributed by atoms with Crippen molar-refractivity contribution in [3.8, 4) is 6.07 Å². The second-order valence-corrected chi connectivity index (χ2v) is 6.27. The molecule has 1 N–H and O–H groups in total. The largest absolute Gasteiger partial charge is 0.452 e. The number of nitrogens with zero attached hydrogens (tertiary/aromatic N) is 1. The summed E-state index contributed by atoms with van der Waals surface area (Å²) < 4.78 is 5.07. The molecule has 0 aliphatic heterocycles. The highest BCUT2D eigenvalue weighted by Crippen LogP contribution is 2.39. The monoisotopic (exact) mass is 322 g/mol. The van der Waals surface area contributed by atoms with E-state index in [4.69, 9.17) is 4.74 Å². The van der Waals surface area contributed by atoms with Gasteiger partial charge in [0, 0.05) is 0 Å². The summed E-state index contributed by atoms with van der Waals surface area (Å²) in [5, 5.41) is 13.9. The number of hydrogen-bond acceptors (Lipinski definition) is 4. The summed E-state index contributed by atoms with van der Waals surface area (Å²) >= 11 is 0. The topological polar surface area (TPSA) is 79.2 Å². The number of nitrogens with one attached hydrogen (secondary N) is 1. The van der Waals surface area contributed by atoms with Crippen molar-refractivity contribution in [1.82, 2.24) is 5.32 Å². The molecule has 0 unspecified atom stereocenters. The fourth-order valence-electron chi connectivity index (χ4n) is 2.74. The third kappa shape index (κ3) is 3.38. The Kier molecular flexibility index (Phi) is 4.22. The number of carbonyl (C=O) groups is 2. The molecule has 0 radical (unpaired) electrons. The van der Waals surface area contributed by atoms with Gasteiger partial charge in [-0.3, -0.25) is 4.79 Å². The highest BCUT2D eigenvalue weighted by atomic mass is 16.5. The van der Waals surface area contributed by atoms with Gasteiger partial charge in [-0.1, -0.05) is 30.3 Å². The van der Waals surface area contributed by atoms with E-state index in [-0.39, 0.29) is 5.92 Å². The van der Waals surface area contributed by atoms with Gasteiger partial charge in [0.05, 0.1) is 11.6 Å². The fourth-order valence-corrected chi connectivity index (χ4v) is 2.74. The normalized spacial score (nSPS) is 16.0. The summed E-state index contributed by atoms with van der Waals surface area (Å²) in [5.74, 6) is -0.830. The van der Waals surface area contributed by atoms with Gasteiger partial charge in [-0.15, -0.1) is 0 Å². The van der Waals surface area contributed by atoms with Crippen molar-refractivity contribution in [2.75, 3.05) is 6.61 Å². The van der Waals surface area contributed by atoms with Gasteiger partial charge in [0.1, 0.15) is 5.54 Å². The molecular weight excluding hydrogens is 304 g/mol. The second kappa shape index (κ2) is 6.32. The molecule has 2 aromatic rings. The molecule has 0 heterocycles. The first kappa shape index (κ1) is 16.0. The van der Waals surface area contributed by atoms with Crippen LogP contribution in [0, 0.1) is 17.2 Å². The predicted octanol–water partition coefficient (Wildman–Crippen LogP) is 2.81. The van der Waals surface area contributed by atoms with Crippen LogP contribution in [-0.4, -0.2) is 24.0 Å². The predicted molar refractivity (Wildman–Crippen MR) is 89.1 cm³/mol. The Hall–Kier alpha value is -2.87. The third-order valence-corrected chi connectivity index (χ3v) is 4.34. The molecule has 1 saturated carbocycles. The first-order valence-corrected chi connectivity index (χ1v) is 7.90. The molecule has 0 spiro atoms. The van der Waals surface area contributed by atoms with Gasteiger partial charge >= 0.3 is 5.97 Å². The quantitative estimate of drug-likeness (QED) is 0.859. The summed E-state index contributed by atoms with van der Waals surface area (Å²) in [4.78, 5) is 24.1. The van der Waals surface area contributed by atoms with E-state index in [9.17, 15) is 14.9 Å². The lowest BCUT2D eigenvalue weighted by Crippen LogP contribution is -2.48. The van der Waals surface area contributed by atoms with Crippen LogP contribution in [0.2, 0.25) is 0 Å². The average Bonchev–Trinajstić information content (AvgIpc) is 3.44. The number of esters is 1. The highest BCUT2D eigenvalue weighted by molar-refractivity contribution is 5.96. The molecule has 122 valence electrons. The molecule has 1 aliphatic rings. The zero-order valence-electron chi connectivity index (χ0n) is 13.4. The Morgan fingerprint density at radius 3 is 2.62 bits per heavy atom. The molecule has 3 rings (SSSR count). The van der Waals surface area contributed by atoms with E-state index in [0.717, 1.165) is 23.6 Å². The molecule has 2 aromatic carbocycles. The zero-order chi connectivity index (χ0) is 17.2. The van der Waals surface area contributed by atoms with E-state index in [1.165, 1.54) is 0 Å². The molecule has 0 bridgehead atoms. The van der Waals surface area contributed by atoms with Gasteiger partial charge in [0.25, 0.3) is 5.91 Å². The lowest BCUT2D eigenvalue weighted by molar-refractivity contribution is -0.125. The van der Waals surface area contributed by atoms with Crippen LogP contribution in [0.5, 0.6) is 0 Å². The van der Waals surface area contributed by atoms with Crippen LogP contribution in [0.15, 0.2) is 42.5 Å². The molecule has 5 nitrogen and oxygen atoms in total. The number of rotatable bonds is 5. The van der Waals surface area contributed by atoms with Crippen LogP contribution >= 0.6 is 0 Å². The Balaban J connectivity index is 1.60. The van der Waals surface area contributed by atoms with Gasteiger partial charge in [0.2, 0.25) is 0 Å². The summed E-state index contributed by atoms with van der Waals surface area (Å²) in [7, 11) is 0. The smallest absolute Gasteiger partial charge is 0.338 e. The SMILES string of the molecule is C[C@@](C#N)(NC(=O)COC(=O)c1ccc2ccccc2c1)C1CC1. The van der Waals surface area contributed by atoms with Crippen molar-refractivity contribution < 1.29 is 14.3 Å². The van der Waals surface area contributed by atoms with E-state index in [0.29, 0.717) is 5.56 Å². The Labute approximate surface area is 140 Å². The summed E-state index contributed by atoms with van der Waals surface area (Å²) in [6.45, 7) is 1.31. The number of carbonyl (C=O) groups excluding carboxylic acids is 2. The molecule has 5 heteroatoms. The minimum absolute atomic E-state index is 0.183. The maximum absolute atomic E-state index is 12.1. The lowest BCUT2D eigenvalue weighted by atomic mass is 9.98. The summed E-state index contributed by atoms with van der Waals surface area (Å²) in [6, 6.07) is 15.1. The van der Waals surface area contributed by atoms with Gasteiger partial charge < -0.3 is 10.1 Å². The van der Waals surface area contributed by atoms with Crippen LogP contribution < -0.4 is 5.32 Å². The van der Waals surface area contributed by atoms with E-state index in [1.807, 2.05) is 30.3 Å². The van der Waals surface area contributed by atoms with E-state index in [1.54, 1.807) is 19.1 Å². The van der Waals surface area contributed by atoms with Crippen molar-refractivity contribution in [3.05, 3.63) is 48.0 Å². The molecular formula is C19H18N2O3. The Bertz CT molecular complexity index is 836. The number of benzene rings is 2. The summed E-state index contributed by atoms with van der Waals surface area (Å²) in [5.41, 5.74) is -0.487. The zero-order valence-corrected chi connectivity index (χ0v) is 13.4. The first-order chi connectivity index (χ1) is 11.5. The van der Waals surface area contributed by atoms with Crippen molar-refractivity contribution in [1.29, 1.82) is 5.26 Å². The number of ether oxygens (including phenoxy) is 1. The number of nitriles is 1. The third-order valence-electron chi connectivity index (χ3n) is 4.34. The van der Waals surface area contributed by atoms with Gasteiger partial charge in [0.15, 0.2) is 6.61 Å². The highest BCUT2D eigenvalue weighted by Gasteiger charge is 2.43. The molecule has 1 amide bonds. The minimum Gasteiger partial charge on any atom is -0.452 e. The Morgan fingerprint density at radius 1 is 1.25 bits per heavy atom. The lowest BCUT2D eigenvalue weighted by Gasteiger charge is -2.22. The maximum Gasteiger partial charge on any atom is 0.338 e. The summed E-state index contributed by atoms with van der Waals surface area (Å²) in [6.07, 6.45) is 1.86. The molecule has 24 heavy (non-hydrogen) atoms. The molecule has 0 saturated heterocycles. The number of amides is 1.